The van der Waals surface area contributed by atoms with E-state index in [1.807, 2.05) is 49.4 Å². The zero-order valence-corrected chi connectivity index (χ0v) is 12.1. The number of furan rings is 1. The third kappa shape index (κ3) is 2.84. The molecular weight excluding hydrogens is 266 g/mol. The number of hydrogen-bond donors (Lipinski definition) is 0. The lowest BCUT2D eigenvalue weighted by molar-refractivity contribution is -0.126. The maximum Gasteiger partial charge on any atom is 0.253 e. The lowest BCUT2D eigenvalue weighted by Crippen LogP contribution is -2.30. The van der Waals surface area contributed by atoms with Gasteiger partial charge in [0.05, 0.1) is 12.1 Å². The number of fused-ring (bicyclic) bond motifs is 1. The van der Waals surface area contributed by atoms with E-state index in [1.165, 1.54) is 0 Å². The Morgan fingerprint density at radius 3 is 2.81 bits per heavy atom. The summed E-state index contributed by atoms with van der Waals surface area (Å²) in [7, 11) is 1.77. The van der Waals surface area contributed by atoms with Crippen LogP contribution in [0.2, 0.25) is 0 Å². The monoisotopic (exact) mass is 283 g/mol. The molecule has 4 nitrogen and oxygen atoms in total. The molecule has 0 saturated heterocycles. The molecule has 21 heavy (non-hydrogen) atoms. The zero-order valence-electron chi connectivity index (χ0n) is 12.1. The number of para-hydroxylation sites is 1. The van der Waals surface area contributed by atoms with Crippen molar-refractivity contribution in [1.82, 2.24) is 4.90 Å². The van der Waals surface area contributed by atoms with E-state index in [4.69, 9.17) is 9.15 Å². The Bertz CT molecular complexity index is 700. The highest BCUT2D eigenvalue weighted by Gasteiger charge is 2.20. The van der Waals surface area contributed by atoms with E-state index < -0.39 is 0 Å². The Morgan fingerprint density at radius 2 is 2.05 bits per heavy atom. The first-order valence-electron chi connectivity index (χ1n) is 6.86. The average Bonchev–Trinajstić information content (AvgIpc) is 2.91. The van der Waals surface area contributed by atoms with Crippen LogP contribution in [0.1, 0.15) is 17.1 Å². The van der Waals surface area contributed by atoms with Crippen molar-refractivity contribution in [2.24, 2.45) is 0 Å². The van der Waals surface area contributed by atoms with E-state index in [0.29, 0.717) is 18.7 Å². The van der Waals surface area contributed by atoms with Gasteiger partial charge in [-0.2, -0.15) is 0 Å². The average molecular weight is 283 g/mol. The smallest absolute Gasteiger partial charge is 0.253 e. The van der Waals surface area contributed by atoms with Gasteiger partial charge < -0.3 is 14.1 Å². The molecule has 1 aromatic carbocycles. The molecule has 0 bridgehead atoms. The first kappa shape index (κ1) is 13.5. The number of carbonyl (C=O) groups is 1. The lowest BCUT2D eigenvalue weighted by Gasteiger charge is -2.21. The second-order valence-electron chi connectivity index (χ2n) is 5.17. The van der Waals surface area contributed by atoms with Crippen LogP contribution in [0.3, 0.4) is 0 Å². The Morgan fingerprint density at radius 1 is 1.24 bits per heavy atom. The molecule has 2 aromatic rings. The van der Waals surface area contributed by atoms with Gasteiger partial charge in [0.2, 0.25) is 0 Å². The van der Waals surface area contributed by atoms with Crippen molar-refractivity contribution in [2.75, 3.05) is 13.7 Å². The maximum atomic E-state index is 12.5. The molecule has 2 heterocycles. The Balaban J connectivity index is 1.75. The highest BCUT2D eigenvalue weighted by molar-refractivity contribution is 5.98. The number of rotatable bonds is 3. The zero-order chi connectivity index (χ0) is 14.8. The van der Waals surface area contributed by atoms with Crippen molar-refractivity contribution in [3.8, 4) is 5.75 Å². The fourth-order valence-corrected chi connectivity index (χ4v) is 2.36. The van der Waals surface area contributed by atoms with Crippen molar-refractivity contribution >= 4 is 12.0 Å². The highest BCUT2D eigenvalue weighted by Crippen LogP contribution is 2.26. The van der Waals surface area contributed by atoms with Crippen LogP contribution < -0.4 is 4.74 Å². The molecule has 0 fully saturated rings. The summed E-state index contributed by atoms with van der Waals surface area (Å²) in [5, 5.41) is 0. The number of aryl methyl sites for hydroxylation is 1. The second-order valence-corrected chi connectivity index (χ2v) is 5.17. The molecule has 0 spiro atoms. The number of benzene rings is 1. The number of nitrogens with zero attached hydrogens (tertiary/aromatic N) is 1. The summed E-state index contributed by atoms with van der Waals surface area (Å²) >= 11 is 0. The normalized spacial score (nSPS) is 13.1. The van der Waals surface area contributed by atoms with E-state index >= 15 is 0 Å². The molecular formula is C17H17NO3. The molecule has 0 aliphatic carbocycles. The van der Waals surface area contributed by atoms with Crippen LogP contribution in [0.4, 0.5) is 0 Å². The predicted octanol–water partition coefficient (Wildman–Crippen LogP) is 3.02. The third-order valence-corrected chi connectivity index (χ3v) is 3.44. The summed E-state index contributed by atoms with van der Waals surface area (Å²) in [6.07, 6.45) is 1.89. The molecule has 0 unspecified atom stereocenters. The van der Waals surface area contributed by atoms with Gasteiger partial charge in [-0.1, -0.05) is 18.2 Å². The number of ether oxygens (including phenoxy) is 1. The van der Waals surface area contributed by atoms with Crippen molar-refractivity contribution in [3.05, 3.63) is 59.1 Å². The Kier molecular flexibility index (Phi) is 3.52. The van der Waals surface area contributed by atoms with Crippen LogP contribution in [-0.4, -0.2) is 24.5 Å². The van der Waals surface area contributed by atoms with Gasteiger partial charge in [0.25, 0.3) is 5.91 Å². The van der Waals surface area contributed by atoms with Gasteiger partial charge in [0.15, 0.2) is 0 Å². The van der Waals surface area contributed by atoms with Crippen LogP contribution in [0, 0.1) is 6.92 Å². The first-order chi connectivity index (χ1) is 10.1. The van der Waals surface area contributed by atoms with E-state index in [-0.39, 0.29) is 5.91 Å². The summed E-state index contributed by atoms with van der Waals surface area (Å²) in [4.78, 5) is 14.1. The van der Waals surface area contributed by atoms with Crippen molar-refractivity contribution in [1.29, 1.82) is 0 Å². The van der Waals surface area contributed by atoms with E-state index in [1.54, 1.807) is 11.9 Å². The maximum absolute atomic E-state index is 12.5. The van der Waals surface area contributed by atoms with Gasteiger partial charge >= 0.3 is 0 Å². The molecule has 0 saturated carbocycles. The molecule has 108 valence electrons. The lowest BCUT2D eigenvalue weighted by atomic mass is 10.1. The summed E-state index contributed by atoms with van der Waals surface area (Å²) in [6.45, 7) is 2.64. The van der Waals surface area contributed by atoms with Crippen LogP contribution in [-0.2, 0) is 11.3 Å². The highest BCUT2D eigenvalue weighted by atomic mass is 16.5. The third-order valence-electron chi connectivity index (χ3n) is 3.44. The molecule has 3 rings (SSSR count). The minimum absolute atomic E-state index is 0.0430. The Labute approximate surface area is 123 Å². The molecule has 0 atom stereocenters. The van der Waals surface area contributed by atoms with Gasteiger partial charge in [0, 0.05) is 12.6 Å². The standard InChI is InChI=1S/C17H17NO3/c1-12-7-8-15(21-12)10-18(2)17(19)14-9-13-5-3-4-6-16(13)20-11-14/h3-9H,10-11H2,1-2H3. The summed E-state index contributed by atoms with van der Waals surface area (Å²) in [6, 6.07) is 11.5. The van der Waals surface area contributed by atoms with Gasteiger partial charge in [-0.3, -0.25) is 4.79 Å². The van der Waals surface area contributed by atoms with Crippen LogP contribution in [0.25, 0.3) is 6.08 Å². The van der Waals surface area contributed by atoms with Crippen molar-refractivity contribution < 1.29 is 13.9 Å². The number of amides is 1. The van der Waals surface area contributed by atoms with Gasteiger partial charge in [-0.25, -0.2) is 0 Å². The van der Waals surface area contributed by atoms with E-state index in [9.17, 15) is 4.79 Å². The van der Waals surface area contributed by atoms with Gasteiger partial charge in [-0.15, -0.1) is 0 Å². The summed E-state index contributed by atoms with van der Waals surface area (Å²) in [5.41, 5.74) is 1.59. The number of likely N-dealkylation sites (N-methyl/N-ethyl adjacent to an activating group) is 1. The van der Waals surface area contributed by atoms with Crippen LogP contribution >= 0.6 is 0 Å². The first-order valence-corrected chi connectivity index (χ1v) is 6.86. The van der Waals surface area contributed by atoms with Crippen molar-refractivity contribution in [2.45, 2.75) is 13.5 Å². The van der Waals surface area contributed by atoms with Crippen LogP contribution in [0.5, 0.6) is 5.75 Å². The van der Waals surface area contributed by atoms with Crippen molar-refractivity contribution in [3.63, 3.8) is 0 Å². The minimum atomic E-state index is -0.0430. The minimum Gasteiger partial charge on any atom is -0.488 e. The van der Waals surface area contributed by atoms with E-state index in [0.717, 1.165) is 22.8 Å². The Hall–Kier alpha value is -2.49. The number of carbonyl (C=O) groups excluding carboxylic acids is 1. The number of hydrogen-bond acceptors (Lipinski definition) is 3. The molecule has 1 aliphatic heterocycles. The molecule has 0 radical (unpaired) electrons. The molecule has 1 amide bonds. The van der Waals surface area contributed by atoms with E-state index in [2.05, 4.69) is 0 Å². The second kappa shape index (κ2) is 5.48. The topological polar surface area (TPSA) is 42.7 Å². The molecule has 1 aliphatic rings. The van der Waals surface area contributed by atoms with Gasteiger partial charge in [-0.05, 0) is 31.2 Å². The largest absolute Gasteiger partial charge is 0.488 e. The fraction of sp³-hybridized carbons (Fsp3) is 0.235. The molecule has 1 aromatic heterocycles. The molecule has 0 N–H and O–H groups in total. The van der Waals surface area contributed by atoms with Gasteiger partial charge in [0.1, 0.15) is 23.9 Å². The molecule has 4 heteroatoms. The predicted molar refractivity (Wildman–Crippen MR) is 79.8 cm³/mol. The fourth-order valence-electron chi connectivity index (χ4n) is 2.36. The SMILES string of the molecule is Cc1ccc(CN(C)C(=O)C2=Cc3ccccc3OC2)o1. The summed E-state index contributed by atoms with van der Waals surface area (Å²) in [5.74, 6) is 2.40. The summed E-state index contributed by atoms with van der Waals surface area (Å²) < 4.78 is 11.1. The quantitative estimate of drug-likeness (QED) is 0.869. The van der Waals surface area contributed by atoms with Crippen LogP contribution in [0.15, 0.2) is 46.4 Å².